The fourth-order valence-electron chi connectivity index (χ4n) is 4.60. The number of benzene rings is 1. The van der Waals surface area contributed by atoms with Crippen LogP contribution in [0, 0.1) is 17.2 Å². The molecule has 4 heterocycles. The van der Waals surface area contributed by atoms with Crippen LogP contribution < -0.4 is 14.7 Å². The predicted molar refractivity (Wildman–Crippen MR) is 131 cm³/mol. The number of aromatic nitrogens is 4. The fourth-order valence-corrected chi connectivity index (χ4v) is 4.60. The van der Waals surface area contributed by atoms with E-state index in [1.165, 1.54) is 0 Å². The maximum Gasteiger partial charge on any atom is 0.330 e. The van der Waals surface area contributed by atoms with E-state index in [0.29, 0.717) is 30.4 Å². The maximum absolute atomic E-state index is 13.3. The second-order valence-corrected chi connectivity index (χ2v) is 9.03. The van der Waals surface area contributed by atoms with Gasteiger partial charge in [-0.15, -0.1) is 10.2 Å². The largest absolute Gasteiger partial charge is 0.371 e. The summed E-state index contributed by atoms with van der Waals surface area (Å²) in [5, 5.41) is 17.4. The van der Waals surface area contributed by atoms with E-state index in [1.54, 1.807) is 16.1 Å². The molecule has 2 saturated heterocycles. The van der Waals surface area contributed by atoms with E-state index < -0.39 is 0 Å². The SMILES string of the molecule is CC(C)n1cnnc1-c1cccc(N2CCN(c3ccc(N4CCC(C#N)CC4)cc3)C2=O)n1. The second-order valence-electron chi connectivity index (χ2n) is 9.03. The number of carbonyl (C=O) groups is 1. The zero-order valence-electron chi connectivity index (χ0n) is 19.5. The first-order chi connectivity index (χ1) is 16.5. The summed E-state index contributed by atoms with van der Waals surface area (Å²) >= 11 is 0. The van der Waals surface area contributed by atoms with E-state index in [0.717, 1.165) is 37.3 Å². The summed E-state index contributed by atoms with van der Waals surface area (Å²) in [6.07, 6.45) is 3.50. The van der Waals surface area contributed by atoms with Crippen molar-refractivity contribution in [2.45, 2.75) is 32.7 Å². The molecule has 2 amide bonds. The third-order valence-electron chi connectivity index (χ3n) is 6.58. The Kier molecular flexibility index (Phi) is 5.88. The molecule has 9 nitrogen and oxygen atoms in total. The molecule has 5 rings (SSSR count). The highest BCUT2D eigenvalue weighted by Crippen LogP contribution is 2.29. The van der Waals surface area contributed by atoms with Crippen LogP contribution in [0.1, 0.15) is 32.7 Å². The third kappa shape index (κ3) is 4.07. The molecule has 1 aromatic carbocycles. The molecule has 2 fully saturated rings. The van der Waals surface area contributed by atoms with Gasteiger partial charge < -0.3 is 9.47 Å². The molecule has 34 heavy (non-hydrogen) atoms. The molecule has 2 aromatic heterocycles. The molecule has 0 atom stereocenters. The molecule has 0 N–H and O–H groups in total. The monoisotopic (exact) mass is 456 g/mol. The Morgan fingerprint density at radius 1 is 0.971 bits per heavy atom. The van der Waals surface area contributed by atoms with Gasteiger partial charge in [0.2, 0.25) is 0 Å². The van der Waals surface area contributed by atoms with Gasteiger partial charge in [0.25, 0.3) is 0 Å². The number of carbonyl (C=O) groups excluding carboxylic acids is 1. The van der Waals surface area contributed by atoms with Crippen molar-refractivity contribution in [3.05, 3.63) is 48.8 Å². The number of nitrogens with zero attached hydrogens (tertiary/aromatic N) is 8. The Morgan fingerprint density at radius 3 is 2.38 bits per heavy atom. The molecular weight excluding hydrogens is 428 g/mol. The van der Waals surface area contributed by atoms with Crippen molar-refractivity contribution in [3.8, 4) is 17.6 Å². The van der Waals surface area contributed by atoms with Gasteiger partial charge in [-0.3, -0.25) is 9.80 Å². The molecule has 2 aliphatic heterocycles. The predicted octanol–water partition coefficient (Wildman–Crippen LogP) is 4.11. The first-order valence-electron chi connectivity index (χ1n) is 11.8. The zero-order valence-corrected chi connectivity index (χ0v) is 19.5. The van der Waals surface area contributed by atoms with Crippen molar-refractivity contribution in [1.29, 1.82) is 5.26 Å². The van der Waals surface area contributed by atoms with Gasteiger partial charge in [-0.25, -0.2) is 9.78 Å². The first-order valence-corrected chi connectivity index (χ1v) is 11.8. The highest BCUT2D eigenvalue weighted by atomic mass is 16.2. The van der Waals surface area contributed by atoms with Crippen LogP contribution in [-0.4, -0.2) is 52.0 Å². The van der Waals surface area contributed by atoms with Crippen LogP contribution in [0.25, 0.3) is 11.5 Å². The lowest BCUT2D eigenvalue weighted by atomic mass is 9.98. The van der Waals surface area contributed by atoms with E-state index >= 15 is 0 Å². The number of urea groups is 1. The Balaban J connectivity index is 1.30. The summed E-state index contributed by atoms with van der Waals surface area (Å²) in [4.78, 5) is 23.8. The molecule has 0 radical (unpaired) electrons. The average molecular weight is 457 g/mol. The highest BCUT2D eigenvalue weighted by Gasteiger charge is 2.32. The topological polar surface area (TPSA) is 94.2 Å². The summed E-state index contributed by atoms with van der Waals surface area (Å²) in [7, 11) is 0. The van der Waals surface area contributed by atoms with Crippen LogP contribution in [-0.2, 0) is 0 Å². The van der Waals surface area contributed by atoms with Crippen LogP contribution in [0.5, 0.6) is 0 Å². The highest BCUT2D eigenvalue weighted by molar-refractivity contribution is 6.05. The smallest absolute Gasteiger partial charge is 0.330 e. The third-order valence-corrected chi connectivity index (χ3v) is 6.58. The van der Waals surface area contributed by atoms with Crippen molar-refractivity contribution >= 4 is 23.2 Å². The van der Waals surface area contributed by atoms with E-state index in [-0.39, 0.29) is 18.0 Å². The zero-order chi connectivity index (χ0) is 23.7. The molecular formula is C25H28N8O. The average Bonchev–Trinajstić information content (AvgIpc) is 3.52. The van der Waals surface area contributed by atoms with Crippen LogP contribution >= 0.6 is 0 Å². The minimum Gasteiger partial charge on any atom is -0.371 e. The number of hydrogen-bond donors (Lipinski definition) is 0. The lowest BCUT2D eigenvalue weighted by Crippen LogP contribution is -2.33. The van der Waals surface area contributed by atoms with Crippen LogP contribution in [0.4, 0.5) is 22.0 Å². The Labute approximate surface area is 199 Å². The second kappa shape index (κ2) is 9.14. The molecule has 0 aliphatic carbocycles. The molecule has 3 aromatic rings. The van der Waals surface area contributed by atoms with Gasteiger partial charge in [0.1, 0.15) is 17.8 Å². The summed E-state index contributed by atoms with van der Waals surface area (Å²) < 4.78 is 1.97. The van der Waals surface area contributed by atoms with E-state index in [1.807, 2.05) is 34.9 Å². The summed E-state index contributed by atoms with van der Waals surface area (Å²) in [5.74, 6) is 1.47. The molecule has 0 saturated carbocycles. The summed E-state index contributed by atoms with van der Waals surface area (Å²) in [6, 6.07) is 16.3. The Hall–Kier alpha value is -3.93. The van der Waals surface area contributed by atoms with Gasteiger partial charge in [0.05, 0.1) is 6.07 Å². The Bertz CT molecular complexity index is 1200. The lowest BCUT2D eigenvalue weighted by Gasteiger charge is -2.31. The fraction of sp³-hybridized carbons (Fsp3) is 0.400. The van der Waals surface area contributed by atoms with E-state index in [4.69, 9.17) is 10.2 Å². The van der Waals surface area contributed by atoms with Gasteiger partial charge in [0, 0.05) is 49.5 Å². The van der Waals surface area contributed by atoms with Crippen molar-refractivity contribution in [3.63, 3.8) is 0 Å². The van der Waals surface area contributed by atoms with Gasteiger partial charge >= 0.3 is 6.03 Å². The van der Waals surface area contributed by atoms with Crippen LogP contribution in [0.3, 0.4) is 0 Å². The number of pyridine rings is 1. The van der Waals surface area contributed by atoms with Gasteiger partial charge in [-0.05, 0) is 63.1 Å². The normalized spacial score (nSPS) is 17.0. The van der Waals surface area contributed by atoms with Gasteiger partial charge in [-0.2, -0.15) is 5.26 Å². The molecule has 174 valence electrons. The van der Waals surface area contributed by atoms with E-state index in [2.05, 4.69) is 47.1 Å². The minimum atomic E-state index is -0.0856. The van der Waals surface area contributed by atoms with Crippen LogP contribution in [0.2, 0.25) is 0 Å². The maximum atomic E-state index is 13.3. The quantitative estimate of drug-likeness (QED) is 0.574. The van der Waals surface area contributed by atoms with Crippen LogP contribution in [0.15, 0.2) is 48.8 Å². The van der Waals surface area contributed by atoms with Crippen molar-refractivity contribution in [2.24, 2.45) is 5.92 Å². The lowest BCUT2D eigenvalue weighted by molar-refractivity contribution is 0.255. The minimum absolute atomic E-state index is 0.0856. The van der Waals surface area contributed by atoms with Gasteiger partial charge in [0.15, 0.2) is 5.82 Å². The van der Waals surface area contributed by atoms with E-state index in [9.17, 15) is 4.79 Å². The number of amides is 2. The van der Waals surface area contributed by atoms with Crippen molar-refractivity contribution in [1.82, 2.24) is 19.7 Å². The van der Waals surface area contributed by atoms with Crippen molar-refractivity contribution < 1.29 is 4.79 Å². The number of hydrogen-bond acceptors (Lipinski definition) is 6. The standard InChI is InChI=1S/C25H28N8O/c1-18(2)33-17-27-29-24(33)22-4-3-5-23(28-22)32-15-14-31(25(32)34)21-8-6-20(7-9-21)30-12-10-19(16-26)11-13-30/h3-9,17-19H,10-15H2,1-2H3. The Morgan fingerprint density at radius 2 is 1.68 bits per heavy atom. The number of rotatable bonds is 5. The summed E-state index contributed by atoms with van der Waals surface area (Å²) in [6.45, 7) is 7.08. The first kappa shape index (κ1) is 21.9. The number of piperidine rings is 1. The molecule has 2 aliphatic rings. The summed E-state index contributed by atoms with van der Waals surface area (Å²) in [5.41, 5.74) is 2.70. The molecule has 0 spiro atoms. The molecule has 0 bridgehead atoms. The number of nitriles is 1. The molecule has 0 unspecified atom stereocenters. The van der Waals surface area contributed by atoms with Gasteiger partial charge in [-0.1, -0.05) is 6.07 Å². The van der Waals surface area contributed by atoms with Crippen molar-refractivity contribution in [2.75, 3.05) is 40.9 Å². The number of anilines is 3. The molecule has 9 heteroatoms.